The first kappa shape index (κ1) is 12.5. The molecule has 0 rings (SSSR count). The SMILES string of the molecule is CCCCC(C)(CC)NC(=O)CC. The second-order valence-corrected chi connectivity index (χ2v) is 3.92. The van der Waals surface area contributed by atoms with Gasteiger partial charge in [-0.15, -0.1) is 0 Å². The molecule has 0 fully saturated rings. The van der Waals surface area contributed by atoms with E-state index in [-0.39, 0.29) is 11.4 Å². The lowest BCUT2D eigenvalue weighted by Gasteiger charge is -2.29. The molecule has 1 amide bonds. The molecular weight excluding hydrogens is 162 g/mol. The minimum absolute atomic E-state index is 0.0170. The molecular formula is C11H23NO. The summed E-state index contributed by atoms with van der Waals surface area (Å²) in [6.07, 6.45) is 5.07. The van der Waals surface area contributed by atoms with Gasteiger partial charge in [0.1, 0.15) is 0 Å². The van der Waals surface area contributed by atoms with Crippen molar-refractivity contribution in [3.8, 4) is 0 Å². The Morgan fingerprint density at radius 3 is 2.31 bits per heavy atom. The van der Waals surface area contributed by atoms with Crippen LogP contribution in [0, 0.1) is 0 Å². The van der Waals surface area contributed by atoms with Crippen molar-refractivity contribution < 1.29 is 4.79 Å². The molecule has 0 aliphatic rings. The van der Waals surface area contributed by atoms with Crippen molar-refractivity contribution in [3.63, 3.8) is 0 Å². The molecule has 0 heterocycles. The highest BCUT2D eigenvalue weighted by atomic mass is 16.1. The van der Waals surface area contributed by atoms with E-state index in [4.69, 9.17) is 0 Å². The Bertz CT molecular complexity index is 156. The molecule has 2 nitrogen and oxygen atoms in total. The van der Waals surface area contributed by atoms with E-state index in [1.807, 2.05) is 6.92 Å². The van der Waals surface area contributed by atoms with Crippen LogP contribution in [0.15, 0.2) is 0 Å². The van der Waals surface area contributed by atoms with E-state index in [1.165, 1.54) is 12.8 Å². The van der Waals surface area contributed by atoms with Gasteiger partial charge in [-0.2, -0.15) is 0 Å². The second-order valence-electron chi connectivity index (χ2n) is 3.92. The van der Waals surface area contributed by atoms with Crippen LogP contribution in [0.2, 0.25) is 0 Å². The maximum absolute atomic E-state index is 11.2. The van der Waals surface area contributed by atoms with E-state index in [0.717, 1.165) is 12.8 Å². The van der Waals surface area contributed by atoms with Gasteiger partial charge in [-0.05, 0) is 19.8 Å². The quantitative estimate of drug-likeness (QED) is 0.677. The summed E-state index contributed by atoms with van der Waals surface area (Å²) in [6, 6.07) is 0. The summed E-state index contributed by atoms with van der Waals surface area (Å²) in [5.41, 5.74) is 0.0170. The summed E-state index contributed by atoms with van der Waals surface area (Å²) >= 11 is 0. The molecule has 0 saturated heterocycles. The number of amides is 1. The standard InChI is InChI=1S/C11H23NO/c1-5-8-9-11(4,7-3)12-10(13)6-2/h5-9H2,1-4H3,(H,12,13). The molecule has 0 aromatic rings. The normalized spacial score (nSPS) is 15.1. The number of unbranched alkanes of at least 4 members (excludes halogenated alkanes) is 1. The van der Waals surface area contributed by atoms with Crippen LogP contribution in [-0.2, 0) is 4.79 Å². The van der Waals surface area contributed by atoms with Gasteiger partial charge >= 0.3 is 0 Å². The number of nitrogens with one attached hydrogen (secondary N) is 1. The number of carbonyl (C=O) groups is 1. The van der Waals surface area contributed by atoms with Crippen LogP contribution in [-0.4, -0.2) is 11.4 Å². The van der Waals surface area contributed by atoms with Gasteiger partial charge < -0.3 is 5.32 Å². The molecule has 1 N–H and O–H groups in total. The Labute approximate surface area is 82.1 Å². The fourth-order valence-corrected chi connectivity index (χ4v) is 1.32. The molecule has 1 atom stereocenters. The third kappa shape index (κ3) is 4.91. The third-order valence-electron chi connectivity index (χ3n) is 2.62. The molecule has 0 aliphatic heterocycles. The Balaban J connectivity index is 4.02. The molecule has 13 heavy (non-hydrogen) atoms. The molecule has 0 spiro atoms. The van der Waals surface area contributed by atoms with Crippen molar-refractivity contribution in [2.24, 2.45) is 0 Å². The molecule has 0 bridgehead atoms. The Morgan fingerprint density at radius 1 is 1.31 bits per heavy atom. The Kier molecular flexibility index (Phi) is 5.76. The topological polar surface area (TPSA) is 29.1 Å². The van der Waals surface area contributed by atoms with E-state index in [1.54, 1.807) is 0 Å². The van der Waals surface area contributed by atoms with Gasteiger partial charge in [0.25, 0.3) is 0 Å². The number of rotatable bonds is 6. The number of hydrogen-bond donors (Lipinski definition) is 1. The van der Waals surface area contributed by atoms with Gasteiger partial charge in [-0.25, -0.2) is 0 Å². The molecule has 0 radical (unpaired) electrons. The fourth-order valence-electron chi connectivity index (χ4n) is 1.32. The van der Waals surface area contributed by atoms with Crippen molar-refractivity contribution >= 4 is 5.91 Å². The smallest absolute Gasteiger partial charge is 0.220 e. The van der Waals surface area contributed by atoms with Crippen molar-refractivity contribution in [2.45, 2.75) is 65.3 Å². The van der Waals surface area contributed by atoms with Crippen molar-refractivity contribution in [1.29, 1.82) is 0 Å². The van der Waals surface area contributed by atoms with Gasteiger partial charge in [0.2, 0.25) is 5.91 Å². The van der Waals surface area contributed by atoms with Gasteiger partial charge in [0.05, 0.1) is 0 Å². The van der Waals surface area contributed by atoms with E-state index in [0.29, 0.717) is 6.42 Å². The number of hydrogen-bond acceptors (Lipinski definition) is 1. The average Bonchev–Trinajstić information content (AvgIpc) is 2.14. The van der Waals surface area contributed by atoms with Crippen molar-refractivity contribution in [2.75, 3.05) is 0 Å². The zero-order valence-electron chi connectivity index (χ0n) is 9.44. The Hall–Kier alpha value is -0.530. The summed E-state index contributed by atoms with van der Waals surface area (Å²) < 4.78 is 0. The summed E-state index contributed by atoms with van der Waals surface area (Å²) in [5, 5.41) is 3.09. The van der Waals surface area contributed by atoms with Crippen LogP contribution >= 0.6 is 0 Å². The maximum Gasteiger partial charge on any atom is 0.220 e. The first-order chi connectivity index (χ1) is 6.08. The van der Waals surface area contributed by atoms with Gasteiger partial charge in [-0.3, -0.25) is 4.79 Å². The highest BCUT2D eigenvalue weighted by Gasteiger charge is 2.22. The van der Waals surface area contributed by atoms with Gasteiger partial charge in [-0.1, -0.05) is 33.6 Å². The third-order valence-corrected chi connectivity index (χ3v) is 2.62. The summed E-state index contributed by atoms with van der Waals surface area (Å²) in [4.78, 5) is 11.2. The zero-order valence-corrected chi connectivity index (χ0v) is 9.44. The van der Waals surface area contributed by atoms with Crippen molar-refractivity contribution in [3.05, 3.63) is 0 Å². The lowest BCUT2D eigenvalue weighted by Crippen LogP contribution is -2.45. The van der Waals surface area contributed by atoms with E-state index in [9.17, 15) is 4.79 Å². The number of carbonyl (C=O) groups excluding carboxylic acids is 1. The molecule has 0 aromatic heterocycles. The average molecular weight is 185 g/mol. The van der Waals surface area contributed by atoms with Crippen LogP contribution in [0.3, 0.4) is 0 Å². The second kappa shape index (κ2) is 6.01. The van der Waals surface area contributed by atoms with E-state index >= 15 is 0 Å². The highest BCUT2D eigenvalue weighted by molar-refractivity contribution is 5.76. The molecule has 78 valence electrons. The minimum Gasteiger partial charge on any atom is -0.351 e. The maximum atomic E-state index is 11.2. The van der Waals surface area contributed by atoms with Gasteiger partial charge in [0.15, 0.2) is 0 Å². The Morgan fingerprint density at radius 2 is 1.92 bits per heavy atom. The molecule has 0 aliphatic carbocycles. The predicted octanol–water partition coefficient (Wildman–Crippen LogP) is 2.87. The predicted molar refractivity (Wildman–Crippen MR) is 56.7 cm³/mol. The zero-order chi connectivity index (χ0) is 10.3. The summed E-state index contributed by atoms with van der Waals surface area (Å²) in [5.74, 6) is 0.167. The lowest BCUT2D eigenvalue weighted by molar-refractivity contribution is -0.122. The summed E-state index contributed by atoms with van der Waals surface area (Å²) in [7, 11) is 0. The lowest BCUT2D eigenvalue weighted by atomic mass is 9.92. The van der Waals surface area contributed by atoms with Crippen LogP contribution in [0.1, 0.15) is 59.8 Å². The monoisotopic (exact) mass is 185 g/mol. The van der Waals surface area contributed by atoms with Crippen molar-refractivity contribution in [1.82, 2.24) is 5.32 Å². The van der Waals surface area contributed by atoms with Crippen LogP contribution < -0.4 is 5.32 Å². The fraction of sp³-hybridized carbons (Fsp3) is 0.909. The van der Waals surface area contributed by atoms with Gasteiger partial charge in [0, 0.05) is 12.0 Å². The van der Waals surface area contributed by atoms with Crippen LogP contribution in [0.4, 0.5) is 0 Å². The van der Waals surface area contributed by atoms with E-state index in [2.05, 4.69) is 26.1 Å². The molecule has 1 unspecified atom stereocenters. The van der Waals surface area contributed by atoms with Crippen LogP contribution in [0.25, 0.3) is 0 Å². The minimum atomic E-state index is 0.0170. The molecule has 0 aromatic carbocycles. The largest absolute Gasteiger partial charge is 0.351 e. The van der Waals surface area contributed by atoms with Crippen LogP contribution in [0.5, 0.6) is 0 Å². The first-order valence-electron chi connectivity index (χ1n) is 5.39. The first-order valence-corrected chi connectivity index (χ1v) is 5.39. The van der Waals surface area contributed by atoms with E-state index < -0.39 is 0 Å². The molecule has 2 heteroatoms. The summed E-state index contributed by atoms with van der Waals surface area (Å²) in [6.45, 7) is 8.34. The highest BCUT2D eigenvalue weighted by Crippen LogP contribution is 2.17. The molecule has 0 saturated carbocycles.